The molecular weight excluding hydrogens is 242 g/mol. The van der Waals surface area contributed by atoms with E-state index in [2.05, 4.69) is 4.98 Å². The maximum absolute atomic E-state index is 5.68. The lowest BCUT2D eigenvalue weighted by Gasteiger charge is -2.08. The minimum atomic E-state index is 0.244. The average molecular weight is 257 g/mol. The Kier molecular flexibility index (Phi) is 3.61. The number of benzene rings is 1. The van der Waals surface area contributed by atoms with Gasteiger partial charge in [0.15, 0.2) is 0 Å². The molecule has 4 nitrogen and oxygen atoms in total. The zero-order chi connectivity index (χ0) is 12.9. The first-order valence-electron chi connectivity index (χ1n) is 6.26. The first-order chi connectivity index (χ1) is 9.40. The quantitative estimate of drug-likeness (QED) is 0.745. The number of hydrogen-bond acceptors (Lipinski definition) is 4. The number of aromatic nitrogens is 1. The van der Waals surface area contributed by atoms with Crippen LogP contribution in [0.3, 0.4) is 0 Å². The van der Waals surface area contributed by atoms with E-state index >= 15 is 0 Å². The fraction of sp³-hybridized carbons (Fsp3) is 0.267. The molecule has 1 saturated heterocycles. The van der Waals surface area contributed by atoms with E-state index in [0.717, 1.165) is 12.2 Å². The molecule has 0 saturated carbocycles. The Bertz CT molecular complexity index is 526. The lowest BCUT2D eigenvalue weighted by atomic mass is 10.2. The van der Waals surface area contributed by atoms with Crippen LogP contribution in [0.1, 0.15) is 5.56 Å². The molecule has 0 bridgehead atoms. The van der Waals surface area contributed by atoms with Crippen molar-refractivity contribution in [3.05, 3.63) is 54.4 Å². The van der Waals surface area contributed by atoms with Gasteiger partial charge in [-0.05, 0) is 5.56 Å². The Morgan fingerprint density at radius 1 is 1.11 bits per heavy atom. The topological polar surface area (TPSA) is 43.9 Å². The molecule has 1 aromatic heterocycles. The molecule has 1 aliphatic heterocycles. The second-order valence-electron chi connectivity index (χ2n) is 4.40. The molecule has 19 heavy (non-hydrogen) atoms. The van der Waals surface area contributed by atoms with Gasteiger partial charge in [-0.25, -0.2) is 0 Å². The number of pyridine rings is 1. The summed E-state index contributed by atoms with van der Waals surface area (Å²) in [6.45, 7) is 1.89. The van der Waals surface area contributed by atoms with Crippen LogP contribution in [0, 0.1) is 0 Å². The van der Waals surface area contributed by atoms with Crippen molar-refractivity contribution in [2.75, 3.05) is 13.2 Å². The lowest BCUT2D eigenvalue weighted by Crippen LogP contribution is -2.04. The van der Waals surface area contributed by atoms with Crippen molar-refractivity contribution in [1.82, 2.24) is 4.98 Å². The number of rotatable bonds is 6. The predicted molar refractivity (Wildman–Crippen MR) is 70.2 cm³/mol. The SMILES string of the molecule is c1ccc(COc2cncc(OCC3CO3)c2)cc1. The molecule has 1 aromatic carbocycles. The van der Waals surface area contributed by atoms with Crippen LogP contribution in [0.2, 0.25) is 0 Å². The molecule has 1 atom stereocenters. The number of hydrogen-bond donors (Lipinski definition) is 0. The van der Waals surface area contributed by atoms with E-state index in [9.17, 15) is 0 Å². The summed E-state index contributed by atoms with van der Waals surface area (Å²) in [6.07, 6.45) is 3.61. The van der Waals surface area contributed by atoms with Crippen molar-refractivity contribution in [2.45, 2.75) is 12.7 Å². The summed E-state index contributed by atoms with van der Waals surface area (Å²) in [7, 11) is 0. The van der Waals surface area contributed by atoms with Gasteiger partial charge in [-0.1, -0.05) is 30.3 Å². The van der Waals surface area contributed by atoms with E-state index in [1.54, 1.807) is 12.4 Å². The van der Waals surface area contributed by atoms with Crippen molar-refractivity contribution in [2.24, 2.45) is 0 Å². The van der Waals surface area contributed by atoms with Crippen molar-refractivity contribution in [3.63, 3.8) is 0 Å². The molecule has 0 aliphatic carbocycles. The molecule has 4 heteroatoms. The van der Waals surface area contributed by atoms with Crippen LogP contribution in [0.5, 0.6) is 11.5 Å². The summed E-state index contributed by atoms with van der Waals surface area (Å²) in [4.78, 5) is 4.10. The van der Waals surface area contributed by atoms with Crippen molar-refractivity contribution in [3.8, 4) is 11.5 Å². The maximum Gasteiger partial charge on any atom is 0.141 e. The molecule has 98 valence electrons. The largest absolute Gasteiger partial charge is 0.489 e. The van der Waals surface area contributed by atoms with Gasteiger partial charge < -0.3 is 14.2 Å². The second-order valence-corrected chi connectivity index (χ2v) is 4.40. The standard InChI is InChI=1S/C15H15NO3/c1-2-4-12(5-3-1)9-17-13-6-14(8-16-7-13)18-10-15-11-19-15/h1-8,15H,9-11H2. The third kappa shape index (κ3) is 3.69. The highest BCUT2D eigenvalue weighted by Crippen LogP contribution is 2.20. The summed E-state index contributed by atoms with van der Waals surface area (Å²) < 4.78 is 16.3. The van der Waals surface area contributed by atoms with Crippen LogP contribution in [0.25, 0.3) is 0 Å². The lowest BCUT2D eigenvalue weighted by molar-refractivity contribution is 0.258. The van der Waals surface area contributed by atoms with E-state index in [-0.39, 0.29) is 6.10 Å². The maximum atomic E-state index is 5.68. The van der Waals surface area contributed by atoms with E-state index in [0.29, 0.717) is 24.7 Å². The molecular formula is C15H15NO3. The zero-order valence-corrected chi connectivity index (χ0v) is 10.5. The third-order valence-corrected chi connectivity index (χ3v) is 2.77. The highest BCUT2D eigenvalue weighted by atomic mass is 16.6. The van der Waals surface area contributed by atoms with E-state index in [1.807, 2.05) is 36.4 Å². The summed E-state index contributed by atoms with van der Waals surface area (Å²) >= 11 is 0. The Labute approximate surface area is 112 Å². The first-order valence-corrected chi connectivity index (χ1v) is 6.26. The van der Waals surface area contributed by atoms with Gasteiger partial charge >= 0.3 is 0 Å². The van der Waals surface area contributed by atoms with E-state index < -0.39 is 0 Å². The molecule has 2 aromatic rings. The molecule has 0 N–H and O–H groups in total. The Morgan fingerprint density at radius 3 is 2.58 bits per heavy atom. The molecule has 0 radical (unpaired) electrons. The van der Waals surface area contributed by atoms with Gasteiger partial charge in [0.05, 0.1) is 19.0 Å². The Morgan fingerprint density at radius 2 is 1.84 bits per heavy atom. The average Bonchev–Trinajstić information content (AvgIpc) is 3.29. The smallest absolute Gasteiger partial charge is 0.141 e. The minimum absolute atomic E-state index is 0.244. The summed E-state index contributed by atoms with van der Waals surface area (Å²) in [5, 5.41) is 0. The van der Waals surface area contributed by atoms with Gasteiger partial charge in [0.2, 0.25) is 0 Å². The summed E-state index contributed by atoms with van der Waals surface area (Å²) in [5.74, 6) is 1.42. The van der Waals surface area contributed by atoms with Crippen LogP contribution < -0.4 is 9.47 Å². The monoisotopic (exact) mass is 257 g/mol. The van der Waals surface area contributed by atoms with Crippen molar-refractivity contribution >= 4 is 0 Å². The number of ether oxygens (including phenoxy) is 3. The molecule has 1 aliphatic rings. The normalized spacial score (nSPS) is 16.9. The van der Waals surface area contributed by atoms with E-state index in [4.69, 9.17) is 14.2 Å². The molecule has 1 fully saturated rings. The molecule has 3 rings (SSSR count). The van der Waals surface area contributed by atoms with Crippen molar-refractivity contribution < 1.29 is 14.2 Å². The fourth-order valence-corrected chi connectivity index (χ4v) is 1.65. The molecule has 2 heterocycles. The van der Waals surface area contributed by atoms with Crippen molar-refractivity contribution in [1.29, 1.82) is 0 Å². The van der Waals surface area contributed by atoms with Gasteiger partial charge in [-0.2, -0.15) is 0 Å². The van der Waals surface area contributed by atoms with Gasteiger partial charge in [0.1, 0.15) is 30.8 Å². The summed E-state index contributed by atoms with van der Waals surface area (Å²) in [5.41, 5.74) is 1.13. The highest BCUT2D eigenvalue weighted by Gasteiger charge is 2.23. The van der Waals surface area contributed by atoms with Crippen LogP contribution >= 0.6 is 0 Å². The van der Waals surface area contributed by atoms with E-state index in [1.165, 1.54) is 0 Å². The molecule has 0 amide bonds. The highest BCUT2D eigenvalue weighted by molar-refractivity contribution is 5.28. The predicted octanol–water partition coefficient (Wildman–Crippen LogP) is 2.44. The molecule has 0 spiro atoms. The van der Waals surface area contributed by atoms with Crippen LogP contribution in [0.4, 0.5) is 0 Å². The van der Waals surface area contributed by atoms with Crippen LogP contribution in [0.15, 0.2) is 48.8 Å². The number of epoxide rings is 1. The first kappa shape index (κ1) is 12.0. The van der Waals surface area contributed by atoms with Crippen LogP contribution in [-0.4, -0.2) is 24.3 Å². The minimum Gasteiger partial charge on any atom is -0.489 e. The summed E-state index contributed by atoms with van der Waals surface area (Å²) in [6, 6.07) is 11.9. The number of nitrogens with zero attached hydrogens (tertiary/aromatic N) is 1. The van der Waals surface area contributed by atoms with Gasteiger partial charge in [0, 0.05) is 6.07 Å². The fourth-order valence-electron chi connectivity index (χ4n) is 1.65. The Balaban J connectivity index is 1.56. The van der Waals surface area contributed by atoms with Gasteiger partial charge in [0.25, 0.3) is 0 Å². The second kappa shape index (κ2) is 5.71. The zero-order valence-electron chi connectivity index (χ0n) is 10.5. The van der Waals surface area contributed by atoms with Gasteiger partial charge in [-0.3, -0.25) is 4.98 Å². The van der Waals surface area contributed by atoms with Crippen LogP contribution in [-0.2, 0) is 11.3 Å². The third-order valence-electron chi connectivity index (χ3n) is 2.77. The Hall–Kier alpha value is -2.07. The molecule has 1 unspecified atom stereocenters. The van der Waals surface area contributed by atoms with Gasteiger partial charge in [-0.15, -0.1) is 0 Å².